The Balaban J connectivity index is 2.05. The molecule has 1 aromatic carbocycles. The summed E-state index contributed by atoms with van der Waals surface area (Å²) in [5.41, 5.74) is 2.85. The van der Waals surface area contributed by atoms with Crippen LogP contribution in [0, 0.1) is 12.7 Å². The highest BCUT2D eigenvalue weighted by molar-refractivity contribution is 5.80. The van der Waals surface area contributed by atoms with Gasteiger partial charge in [0.05, 0.1) is 5.52 Å². The fourth-order valence-corrected chi connectivity index (χ4v) is 2.25. The van der Waals surface area contributed by atoms with Crippen molar-refractivity contribution in [3.8, 4) is 0 Å². The molecule has 0 aliphatic carbocycles. The van der Waals surface area contributed by atoms with Crippen LogP contribution >= 0.6 is 0 Å². The van der Waals surface area contributed by atoms with Crippen LogP contribution in [0.1, 0.15) is 11.1 Å². The van der Waals surface area contributed by atoms with Gasteiger partial charge in [0, 0.05) is 30.5 Å². The molecular weight excluding hydrogens is 227 g/mol. The Bertz CT molecular complexity index is 701. The quantitative estimate of drug-likeness (QED) is 0.670. The number of halogens is 1. The summed E-state index contributed by atoms with van der Waals surface area (Å²) in [5, 5.41) is 0.926. The molecule has 3 rings (SSSR count). The van der Waals surface area contributed by atoms with Gasteiger partial charge < -0.3 is 4.57 Å². The van der Waals surface area contributed by atoms with Crippen LogP contribution in [0.3, 0.4) is 0 Å². The summed E-state index contributed by atoms with van der Waals surface area (Å²) in [7, 11) is 0. The predicted molar refractivity (Wildman–Crippen MR) is 70.0 cm³/mol. The molecule has 3 heteroatoms. The van der Waals surface area contributed by atoms with Crippen LogP contribution in [0.2, 0.25) is 0 Å². The van der Waals surface area contributed by atoms with Gasteiger partial charge >= 0.3 is 0 Å². The first-order chi connectivity index (χ1) is 8.74. The molecular formula is C15H13FN2. The summed E-state index contributed by atoms with van der Waals surface area (Å²) in [6.45, 7) is 2.64. The Morgan fingerprint density at radius 1 is 1.22 bits per heavy atom. The molecule has 0 amide bonds. The Morgan fingerprint density at radius 3 is 2.94 bits per heavy atom. The second kappa shape index (κ2) is 4.26. The van der Waals surface area contributed by atoms with E-state index in [1.807, 2.05) is 42.2 Å². The lowest BCUT2D eigenvalue weighted by molar-refractivity contribution is 0.628. The lowest BCUT2D eigenvalue weighted by atomic mass is 10.2. The minimum atomic E-state index is -0.182. The largest absolute Gasteiger partial charge is 0.341 e. The van der Waals surface area contributed by atoms with Gasteiger partial charge in [-0.2, -0.15) is 0 Å². The predicted octanol–water partition coefficient (Wildman–Crippen LogP) is 3.53. The van der Waals surface area contributed by atoms with Gasteiger partial charge in [-0.15, -0.1) is 0 Å². The van der Waals surface area contributed by atoms with E-state index in [0.717, 1.165) is 16.5 Å². The number of para-hydroxylation sites is 1. The van der Waals surface area contributed by atoms with Crippen LogP contribution in [-0.4, -0.2) is 9.55 Å². The lowest BCUT2D eigenvalue weighted by Crippen LogP contribution is -2.00. The van der Waals surface area contributed by atoms with Gasteiger partial charge in [-0.3, -0.25) is 4.98 Å². The zero-order valence-corrected chi connectivity index (χ0v) is 10.1. The molecule has 0 saturated heterocycles. The summed E-state index contributed by atoms with van der Waals surface area (Å²) in [6, 6.07) is 9.15. The third-order valence-corrected chi connectivity index (χ3v) is 3.02. The van der Waals surface area contributed by atoms with E-state index < -0.39 is 0 Å². The maximum Gasteiger partial charge on any atom is 0.147 e. The molecule has 0 fully saturated rings. The summed E-state index contributed by atoms with van der Waals surface area (Å²) in [4.78, 5) is 4.16. The van der Waals surface area contributed by atoms with Crippen molar-refractivity contribution in [3.63, 3.8) is 0 Å². The Morgan fingerprint density at radius 2 is 2.11 bits per heavy atom. The minimum Gasteiger partial charge on any atom is -0.341 e. The average Bonchev–Trinajstić information content (AvgIpc) is 2.74. The zero-order chi connectivity index (χ0) is 12.5. The van der Waals surface area contributed by atoms with Crippen LogP contribution in [0.5, 0.6) is 0 Å². The number of hydrogen-bond donors (Lipinski definition) is 0. The summed E-state index contributed by atoms with van der Waals surface area (Å²) in [6.07, 6.45) is 5.55. The second-order valence-corrected chi connectivity index (χ2v) is 4.49. The molecule has 0 N–H and O–H groups in total. The molecule has 0 atom stereocenters. The fourth-order valence-electron chi connectivity index (χ4n) is 2.25. The molecule has 90 valence electrons. The van der Waals surface area contributed by atoms with E-state index in [2.05, 4.69) is 11.1 Å². The number of fused-ring (bicyclic) bond motifs is 1. The topological polar surface area (TPSA) is 17.8 Å². The maximum absolute atomic E-state index is 13.8. The molecule has 0 radical (unpaired) electrons. The molecule has 3 aromatic rings. The molecule has 18 heavy (non-hydrogen) atoms. The number of aryl methyl sites for hydroxylation is 1. The van der Waals surface area contributed by atoms with Crippen molar-refractivity contribution < 1.29 is 4.39 Å². The molecule has 0 saturated carbocycles. The summed E-state index contributed by atoms with van der Waals surface area (Å²) in [5.74, 6) is -0.182. The zero-order valence-electron chi connectivity index (χ0n) is 10.1. The van der Waals surface area contributed by atoms with Crippen molar-refractivity contribution in [2.75, 3.05) is 0 Å². The third-order valence-electron chi connectivity index (χ3n) is 3.02. The van der Waals surface area contributed by atoms with Gasteiger partial charge in [0.15, 0.2) is 0 Å². The third kappa shape index (κ3) is 1.88. The second-order valence-electron chi connectivity index (χ2n) is 4.49. The number of benzene rings is 1. The van der Waals surface area contributed by atoms with E-state index in [4.69, 9.17) is 0 Å². The van der Waals surface area contributed by atoms with Crippen molar-refractivity contribution in [3.05, 3.63) is 65.9 Å². The number of rotatable bonds is 2. The van der Waals surface area contributed by atoms with Gasteiger partial charge in [0.1, 0.15) is 5.82 Å². The number of hydrogen-bond acceptors (Lipinski definition) is 1. The van der Waals surface area contributed by atoms with Gasteiger partial charge in [0.2, 0.25) is 0 Å². The van der Waals surface area contributed by atoms with Crippen molar-refractivity contribution in [1.82, 2.24) is 9.55 Å². The highest BCUT2D eigenvalue weighted by Gasteiger charge is 2.06. The molecule has 0 aliphatic rings. The number of aromatic nitrogens is 2. The molecule has 2 aromatic heterocycles. The van der Waals surface area contributed by atoms with E-state index in [-0.39, 0.29) is 5.82 Å². The van der Waals surface area contributed by atoms with Crippen molar-refractivity contribution >= 4 is 10.9 Å². The summed E-state index contributed by atoms with van der Waals surface area (Å²) >= 11 is 0. The van der Waals surface area contributed by atoms with Gasteiger partial charge in [0.25, 0.3) is 0 Å². The van der Waals surface area contributed by atoms with Crippen molar-refractivity contribution in [1.29, 1.82) is 0 Å². The molecule has 0 unspecified atom stereocenters. The first-order valence-electron chi connectivity index (χ1n) is 5.88. The van der Waals surface area contributed by atoms with Crippen LogP contribution in [-0.2, 0) is 6.54 Å². The molecule has 2 nitrogen and oxygen atoms in total. The highest BCUT2D eigenvalue weighted by atomic mass is 19.1. The van der Waals surface area contributed by atoms with E-state index in [9.17, 15) is 4.39 Å². The van der Waals surface area contributed by atoms with Gasteiger partial charge in [-0.1, -0.05) is 18.2 Å². The van der Waals surface area contributed by atoms with E-state index >= 15 is 0 Å². The standard InChI is InChI=1S/C15H13FN2/c1-11-7-12(9-17-8-11)10-18-6-5-13-3-2-4-14(16)15(13)18/h2-9H,10H2,1H3. The molecule has 0 bridgehead atoms. The first-order valence-corrected chi connectivity index (χ1v) is 5.88. The smallest absolute Gasteiger partial charge is 0.147 e. The Labute approximate surface area is 105 Å². The molecule has 2 heterocycles. The monoisotopic (exact) mass is 240 g/mol. The van der Waals surface area contributed by atoms with Crippen LogP contribution in [0.4, 0.5) is 4.39 Å². The normalized spacial score (nSPS) is 11.0. The van der Waals surface area contributed by atoms with Crippen LogP contribution in [0.25, 0.3) is 10.9 Å². The van der Waals surface area contributed by atoms with E-state index in [0.29, 0.717) is 12.1 Å². The van der Waals surface area contributed by atoms with Gasteiger partial charge in [-0.25, -0.2) is 4.39 Å². The SMILES string of the molecule is Cc1cncc(Cn2ccc3cccc(F)c32)c1. The Hall–Kier alpha value is -2.16. The Kier molecular flexibility index (Phi) is 2.59. The number of nitrogens with zero attached hydrogens (tertiary/aromatic N) is 2. The van der Waals surface area contributed by atoms with Crippen molar-refractivity contribution in [2.45, 2.75) is 13.5 Å². The lowest BCUT2D eigenvalue weighted by Gasteiger charge is -2.06. The van der Waals surface area contributed by atoms with Crippen LogP contribution < -0.4 is 0 Å². The van der Waals surface area contributed by atoms with Gasteiger partial charge in [-0.05, 0) is 30.2 Å². The van der Waals surface area contributed by atoms with Crippen molar-refractivity contribution in [2.24, 2.45) is 0 Å². The van der Waals surface area contributed by atoms with E-state index in [1.165, 1.54) is 6.07 Å². The van der Waals surface area contributed by atoms with E-state index in [1.54, 1.807) is 6.07 Å². The van der Waals surface area contributed by atoms with Crippen LogP contribution in [0.15, 0.2) is 48.9 Å². The first kappa shape index (κ1) is 11.0. The highest BCUT2D eigenvalue weighted by Crippen LogP contribution is 2.20. The minimum absolute atomic E-state index is 0.182. The maximum atomic E-state index is 13.8. The molecule has 0 aliphatic heterocycles. The summed E-state index contributed by atoms with van der Waals surface area (Å²) < 4.78 is 15.7. The fraction of sp³-hybridized carbons (Fsp3) is 0.133. The number of pyridine rings is 1. The average molecular weight is 240 g/mol. The molecule has 0 spiro atoms.